The second-order valence-corrected chi connectivity index (χ2v) is 15.9. The van der Waals surface area contributed by atoms with Crippen molar-refractivity contribution in [3.8, 4) is 5.75 Å². The highest BCUT2D eigenvalue weighted by Gasteiger charge is 2.32. The van der Waals surface area contributed by atoms with Gasteiger partial charge in [0.1, 0.15) is 30.7 Å². The predicted octanol–water partition coefficient (Wildman–Crippen LogP) is 3.60. The van der Waals surface area contributed by atoms with Crippen LogP contribution in [0, 0.1) is 0 Å². The van der Waals surface area contributed by atoms with Crippen LogP contribution in [0.2, 0.25) is 25.7 Å². The molecule has 1 aliphatic rings. The first kappa shape index (κ1) is 24.1. The lowest BCUT2D eigenvalue weighted by Crippen LogP contribution is -2.50. The van der Waals surface area contributed by atoms with Gasteiger partial charge in [-0.2, -0.15) is 5.10 Å². The van der Waals surface area contributed by atoms with Crippen LogP contribution in [0.15, 0.2) is 18.3 Å². The van der Waals surface area contributed by atoms with Gasteiger partial charge in [0, 0.05) is 33.2 Å². The fraction of sp³-hybridized carbons (Fsp3) is 0.591. The van der Waals surface area contributed by atoms with Gasteiger partial charge >= 0.3 is 6.09 Å². The Morgan fingerprint density at radius 2 is 2.03 bits per heavy atom. The Balaban J connectivity index is 1.75. The minimum atomic E-state index is -1.16. The van der Waals surface area contributed by atoms with E-state index in [-0.39, 0.29) is 12.5 Å². The van der Waals surface area contributed by atoms with Crippen molar-refractivity contribution in [1.82, 2.24) is 15.1 Å². The van der Waals surface area contributed by atoms with Crippen LogP contribution >= 0.6 is 0 Å². The van der Waals surface area contributed by atoms with Gasteiger partial charge in [-0.05, 0) is 32.9 Å². The fourth-order valence-electron chi connectivity index (χ4n) is 3.25. The average Bonchev–Trinajstić information content (AvgIpc) is 3.01. The maximum atomic E-state index is 12.9. The standard InChI is InChI=1S/C22H34N4O5Si/c1-22(2,3)31-21(28)24-16-13-30-19-11-17-15(10-18(19)25(4)20(16)27)12-23-26(17)14-29-8-9-32(5,6)7/h10-12,16H,8-9,13-14H2,1-7H3,(H,24,28)/t16-/m0/s1. The number of anilines is 1. The molecule has 1 aliphatic heterocycles. The van der Waals surface area contributed by atoms with Crippen LogP contribution in [0.3, 0.4) is 0 Å². The molecule has 0 saturated carbocycles. The number of rotatable bonds is 6. The predicted molar refractivity (Wildman–Crippen MR) is 126 cm³/mol. The molecule has 0 bridgehead atoms. The van der Waals surface area contributed by atoms with E-state index in [9.17, 15) is 9.59 Å². The van der Waals surface area contributed by atoms with Gasteiger partial charge in [0.25, 0.3) is 5.91 Å². The Morgan fingerprint density at radius 1 is 1.31 bits per heavy atom. The summed E-state index contributed by atoms with van der Waals surface area (Å²) in [6.45, 7) is 13.3. The van der Waals surface area contributed by atoms with Gasteiger partial charge in [-0.25, -0.2) is 9.48 Å². The van der Waals surface area contributed by atoms with Gasteiger partial charge in [0.15, 0.2) is 0 Å². The highest BCUT2D eigenvalue weighted by molar-refractivity contribution is 6.76. The van der Waals surface area contributed by atoms with Gasteiger partial charge in [-0.15, -0.1) is 0 Å². The van der Waals surface area contributed by atoms with Crippen LogP contribution in [-0.2, 0) is 21.0 Å². The van der Waals surface area contributed by atoms with Crippen molar-refractivity contribution >= 4 is 36.7 Å². The van der Waals surface area contributed by atoms with E-state index in [0.717, 1.165) is 16.9 Å². The second kappa shape index (κ2) is 9.11. The number of aromatic nitrogens is 2. The molecule has 0 aliphatic carbocycles. The molecule has 2 amide bonds. The Bertz CT molecular complexity index is 993. The molecule has 2 heterocycles. The van der Waals surface area contributed by atoms with E-state index in [1.165, 1.54) is 4.90 Å². The summed E-state index contributed by atoms with van der Waals surface area (Å²) >= 11 is 0. The van der Waals surface area contributed by atoms with Crippen molar-refractivity contribution in [2.45, 2.75) is 64.8 Å². The smallest absolute Gasteiger partial charge is 0.408 e. The molecule has 2 aromatic rings. The molecule has 1 aromatic carbocycles. The number of amides is 2. The minimum Gasteiger partial charge on any atom is -0.489 e. The zero-order chi connectivity index (χ0) is 23.7. The van der Waals surface area contributed by atoms with Gasteiger partial charge in [0.05, 0.1) is 17.4 Å². The summed E-state index contributed by atoms with van der Waals surface area (Å²) < 4.78 is 18.8. The van der Waals surface area contributed by atoms with E-state index >= 15 is 0 Å². The van der Waals surface area contributed by atoms with Gasteiger partial charge in [0.2, 0.25) is 0 Å². The fourth-order valence-corrected chi connectivity index (χ4v) is 4.01. The van der Waals surface area contributed by atoms with Crippen molar-refractivity contribution < 1.29 is 23.8 Å². The first-order valence-corrected chi connectivity index (χ1v) is 14.5. The lowest BCUT2D eigenvalue weighted by atomic mass is 10.2. The monoisotopic (exact) mass is 462 g/mol. The number of carbonyl (C=O) groups excluding carboxylic acids is 2. The zero-order valence-corrected chi connectivity index (χ0v) is 21.0. The highest BCUT2D eigenvalue weighted by Crippen LogP contribution is 2.35. The second-order valence-electron chi connectivity index (χ2n) is 10.3. The van der Waals surface area contributed by atoms with Crippen LogP contribution in [0.4, 0.5) is 10.5 Å². The number of alkyl carbamates (subject to hydrolysis) is 1. The number of ether oxygens (including phenoxy) is 3. The molecular weight excluding hydrogens is 428 g/mol. The summed E-state index contributed by atoms with van der Waals surface area (Å²) in [5.41, 5.74) is 0.820. The third-order valence-electron chi connectivity index (χ3n) is 5.02. The molecule has 0 saturated heterocycles. The molecule has 1 atom stereocenters. The molecule has 10 heteroatoms. The number of nitrogens with one attached hydrogen (secondary N) is 1. The largest absolute Gasteiger partial charge is 0.489 e. The van der Waals surface area contributed by atoms with E-state index in [0.29, 0.717) is 24.8 Å². The van der Waals surface area contributed by atoms with Gasteiger partial charge < -0.3 is 24.4 Å². The Kier molecular flexibility index (Phi) is 6.85. The first-order chi connectivity index (χ1) is 14.8. The van der Waals surface area contributed by atoms with E-state index in [1.807, 2.05) is 12.1 Å². The number of nitrogens with zero attached hydrogens (tertiary/aromatic N) is 3. The number of fused-ring (bicyclic) bond motifs is 2. The molecule has 3 rings (SSSR count). The van der Waals surface area contributed by atoms with Crippen molar-refractivity contribution in [3.05, 3.63) is 18.3 Å². The number of carbonyl (C=O) groups is 2. The third-order valence-corrected chi connectivity index (χ3v) is 6.72. The summed E-state index contributed by atoms with van der Waals surface area (Å²) in [6, 6.07) is 3.96. The maximum Gasteiger partial charge on any atom is 0.408 e. The molecule has 1 N–H and O–H groups in total. The highest BCUT2D eigenvalue weighted by atomic mass is 28.3. The molecule has 1 aromatic heterocycles. The number of benzene rings is 1. The minimum absolute atomic E-state index is 0.00176. The van der Waals surface area contributed by atoms with Crippen LogP contribution in [0.25, 0.3) is 10.9 Å². The van der Waals surface area contributed by atoms with E-state index in [2.05, 4.69) is 30.1 Å². The Hall–Kier alpha value is -2.59. The van der Waals surface area contributed by atoms with E-state index in [4.69, 9.17) is 14.2 Å². The Labute approximate surface area is 190 Å². The quantitative estimate of drug-likeness (QED) is 0.521. The van der Waals surface area contributed by atoms with Crippen molar-refractivity contribution in [2.75, 3.05) is 25.2 Å². The van der Waals surface area contributed by atoms with Crippen LogP contribution in [0.1, 0.15) is 20.8 Å². The Morgan fingerprint density at radius 3 is 2.69 bits per heavy atom. The lowest BCUT2D eigenvalue weighted by Gasteiger charge is -2.23. The average molecular weight is 463 g/mol. The molecule has 0 unspecified atom stereocenters. The van der Waals surface area contributed by atoms with E-state index in [1.54, 1.807) is 38.7 Å². The first-order valence-electron chi connectivity index (χ1n) is 10.8. The molecule has 32 heavy (non-hydrogen) atoms. The summed E-state index contributed by atoms with van der Waals surface area (Å²) in [6.07, 6.45) is 1.09. The van der Waals surface area contributed by atoms with Gasteiger partial charge in [-0.3, -0.25) is 4.79 Å². The van der Waals surface area contributed by atoms with Crippen LogP contribution in [-0.4, -0.2) is 61.8 Å². The maximum absolute atomic E-state index is 12.9. The molecule has 0 radical (unpaired) electrons. The SMILES string of the molecule is CN1C(=O)[C@@H](NC(=O)OC(C)(C)C)COc2cc3c(cnn3COCC[Si](C)(C)C)cc21. The van der Waals surface area contributed by atoms with Crippen LogP contribution in [0.5, 0.6) is 5.75 Å². The third kappa shape index (κ3) is 6.01. The van der Waals surface area contributed by atoms with Gasteiger partial charge in [-0.1, -0.05) is 19.6 Å². The summed E-state index contributed by atoms with van der Waals surface area (Å²) in [7, 11) is 0.507. The zero-order valence-electron chi connectivity index (χ0n) is 20.0. The summed E-state index contributed by atoms with van der Waals surface area (Å²) in [5, 5.41) is 7.91. The topological polar surface area (TPSA) is 94.9 Å². The molecule has 0 fully saturated rings. The van der Waals surface area contributed by atoms with Crippen LogP contribution < -0.4 is 15.0 Å². The lowest BCUT2D eigenvalue weighted by molar-refractivity contribution is -0.120. The normalized spacial score (nSPS) is 17.0. The number of likely N-dealkylation sites (N-methyl/N-ethyl adjacent to an activating group) is 1. The summed E-state index contributed by atoms with van der Waals surface area (Å²) in [5.74, 6) is 0.265. The van der Waals surface area contributed by atoms with E-state index < -0.39 is 25.8 Å². The molecule has 9 nitrogen and oxygen atoms in total. The van der Waals surface area contributed by atoms with Crippen molar-refractivity contribution in [2.24, 2.45) is 0 Å². The molecule has 176 valence electrons. The molecular formula is C22H34N4O5Si. The summed E-state index contributed by atoms with van der Waals surface area (Å²) in [4.78, 5) is 26.6. The van der Waals surface area contributed by atoms with Crippen molar-refractivity contribution in [3.63, 3.8) is 0 Å². The van der Waals surface area contributed by atoms with Crippen molar-refractivity contribution in [1.29, 1.82) is 0 Å². The number of hydrogen-bond donors (Lipinski definition) is 1. The molecule has 0 spiro atoms. The number of hydrogen-bond acceptors (Lipinski definition) is 6.